The molecule has 2 aromatic carbocycles. The zero-order valence-electron chi connectivity index (χ0n) is 17.5. The highest BCUT2D eigenvalue weighted by Gasteiger charge is 2.29. The van der Waals surface area contributed by atoms with Crippen LogP contribution in [-0.4, -0.2) is 49.9 Å². The fraction of sp³-hybridized carbons (Fsp3) is 0.200. The molecule has 0 bridgehead atoms. The van der Waals surface area contributed by atoms with Crippen LogP contribution >= 0.6 is 34.7 Å². The van der Waals surface area contributed by atoms with Gasteiger partial charge in [-0.25, -0.2) is 8.42 Å². The van der Waals surface area contributed by atoms with Crippen LogP contribution in [0.25, 0.3) is 0 Å². The molecule has 0 aliphatic rings. The third-order valence-electron chi connectivity index (χ3n) is 4.32. The highest BCUT2D eigenvalue weighted by Crippen LogP contribution is 2.31. The number of anilines is 2. The van der Waals surface area contributed by atoms with E-state index >= 15 is 0 Å². The molecule has 9 nitrogen and oxygen atoms in total. The number of carbonyl (C=O) groups excluding carboxylic acids is 2. The molecule has 1 amide bonds. The maximum Gasteiger partial charge on any atom is 0.316 e. The molecule has 1 N–H and O–H groups in total. The Morgan fingerprint density at radius 1 is 1.15 bits per heavy atom. The van der Waals surface area contributed by atoms with Gasteiger partial charge in [-0.05, 0) is 36.8 Å². The topological polar surface area (TPSA) is 119 Å². The highest BCUT2D eigenvalue weighted by atomic mass is 35.5. The second-order valence-electron chi connectivity index (χ2n) is 6.49. The molecule has 0 saturated heterocycles. The lowest BCUT2D eigenvalue weighted by Crippen LogP contribution is -2.38. The summed E-state index contributed by atoms with van der Waals surface area (Å²) < 4.78 is 32.8. The van der Waals surface area contributed by atoms with E-state index in [1.165, 1.54) is 19.2 Å². The lowest BCUT2D eigenvalue weighted by atomic mass is 10.2. The van der Waals surface area contributed by atoms with Crippen LogP contribution in [0.3, 0.4) is 0 Å². The smallest absolute Gasteiger partial charge is 0.316 e. The first kappa shape index (κ1) is 25.0. The Morgan fingerprint density at radius 2 is 1.88 bits per heavy atom. The van der Waals surface area contributed by atoms with Crippen molar-refractivity contribution < 1.29 is 22.7 Å². The summed E-state index contributed by atoms with van der Waals surface area (Å²) in [4.78, 5) is 24.1. The minimum absolute atomic E-state index is 0.0367. The van der Waals surface area contributed by atoms with Crippen molar-refractivity contribution in [2.45, 2.75) is 16.2 Å². The van der Waals surface area contributed by atoms with Gasteiger partial charge in [0.2, 0.25) is 11.0 Å². The van der Waals surface area contributed by atoms with Crippen LogP contribution in [0, 0.1) is 6.92 Å². The van der Waals surface area contributed by atoms with Crippen molar-refractivity contribution in [3.63, 3.8) is 0 Å². The van der Waals surface area contributed by atoms with E-state index in [1.54, 1.807) is 43.3 Å². The zero-order valence-corrected chi connectivity index (χ0v) is 20.7. The van der Waals surface area contributed by atoms with Crippen LogP contribution in [0.5, 0.6) is 0 Å². The Labute approximate surface area is 204 Å². The number of aromatic nitrogens is 2. The van der Waals surface area contributed by atoms with Crippen molar-refractivity contribution in [1.29, 1.82) is 0 Å². The molecule has 174 valence electrons. The van der Waals surface area contributed by atoms with Gasteiger partial charge < -0.3 is 4.74 Å². The molecule has 0 fully saturated rings. The SMILES string of the molecule is COC(=O)CSc1nnc(NC(=O)CN(c2cccc(Cl)c2C)S(=O)(=O)c2ccccc2)s1. The van der Waals surface area contributed by atoms with Crippen LogP contribution in [0.1, 0.15) is 5.56 Å². The van der Waals surface area contributed by atoms with E-state index in [4.69, 9.17) is 11.6 Å². The van der Waals surface area contributed by atoms with Crippen LogP contribution < -0.4 is 9.62 Å². The van der Waals surface area contributed by atoms with E-state index in [1.807, 2.05) is 0 Å². The average Bonchev–Trinajstić information content (AvgIpc) is 3.25. The maximum atomic E-state index is 13.4. The standard InChI is InChI=1S/C20H19ClN4O5S3/c1-13-15(21)9-6-10-16(13)25(33(28,29)14-7-4-3-5-8-14)11-17(26)22-19-23-24-20(32-19)31-12-18(27)30-2/h3-10H,11-12H2,1-2H3,(H,22,23,26). The summed E-state index contributed by atoms with van der Waals surface area (Å²) >= 11 is 8.38. The minimum Gasteiger partial charge on any atom is -0.468 e. The Kier molecular flexibility index (Phi) is 8.30. The molecule has 0 aliphatic heterocycles. The normalized spacial score (nSPS) is 11.1. The number of rotatable bonds is 9. The molecule has 0 aliphatic carbocycles. The fourth-order valence-corrected chi connectivity index (χ4v) is 5.94. The summed E-state index contributed by atoms with van der Waals surface area (Å²) in [6, 6.07) is 12.7. The maximum absolute atomic E-state index is 13.4. The molecule has 13 heteroatoms. The molecule has 33 heavy (non-hydrogen) atoms. The van der Waals surface area contributed by atoms with E-state index in [2.05, 4.69) is 20.3 Å². The quantitative estimate of drug-likeness (QED) is 0.255. The second-order valence-corrected chi connectivity index (χ2v) is 11.0. The third-order valence-corrected chi connectivity index (χ3v) is 8.45. The van der Waals surface area contributed by atoms with Crippen molar-refractivity contribution in [1.82, 2.24) is 10.2 Å². The van der Waals surface area contributed by atoms with Gasteiger partial charge in [-0.1, -0.05) is 59.0 Å². The number of thioether (sulfide) groups is 1. The lowest BCUT2D eigenvalue weighted by molar-refractivity contribution is -0.137. The first-order valence-electron chi connectivity index (χ1n) is 9.38. The van der Waals surface area contributed by atoms with Gasteiger partial charge in [-0.2, -0.15) is 0 Å². The first-order chi connectivity index (χ1) is 15.7. The predicted octanol–water partition coefficient (Wildman–Crippen LogP) is 3.60. The van der Waals surface area contributed by atoms with Gasteiger partial charge in [0.25, 0.3) is 10.0 Å². The molecular formula is C20H19ClN4O5S3. The molecule has 1 heterocycles. The van der Waals surface area contributed by atoms with E-state index in [0.717, 1.165) is 27.4 Å². The molecule has 1 aromatic heterocycles. The Hall–Kier alpha value is -2.67. The van der Waals surface area contributed by atoms with Crippen LogP contribution in [0.15, 0.2) is 57.8 Å². The summed E-state index contributed by atoms with van der Waals surface area (Å²) in [5, 5.41) is 10.9. The summed E-state index contributed by atoms with van der Waals surface area (Å²) in [5.74, 6) is -0.982. The number of halogens is 1. The predicted molar refractivity (Wildman–Crippen MR) is 128 cm³/mol. The molecule has 0 atom stereocenters. The molecule has 0 unspecified atom stereocenters. The zero-order chi connectivity index (χ0) is 24.0. The molecule has 3 aromatic rings. The average molecular weight is 527 g/mol. The number of sulfonamides is 1. The number of methoxy groups -OCH3 is 1. The fourth-order valence-electron chi connectivity index (χ4n) is 2.67. The molecule has 0 saturated carbocycles. The molecule has 0 spiro atoms. The summed E-state index contributed by atoms with van der Waals surface area (Å²) in [7, 11) is -2.79. The van der Waals surface area contributed by atoms with Crippen molar-refractivity contribution in [2.75, 3.05) is 29.0 Å². The van der Waals surface area contributed by atoms with Crippen molar-refractivity contribution in [3.05, 3.63) is 59.1 Å². The highest BCUT2D eigenvalue weighted by molar-refractivity contribution is 8.01. The minimum atomic E-state index is -4.07. The van der Waals surface area contributed by atoms with Gasteiger partial charge >= 0.3 is 5.97 Å². The Bertz CT molecular complexity index is 1250. The molecular weight excluding hydrogens is 508 g/mol. The number of benzene rings is 2. The van der Waals surface area contributed by atoms with Crippen LogP contribution in [0.2, 0.25) is 5.02 Å². The van der Waals surface area contributed by atoms with Crippen LogP contribution in [-0.2, 0) is 24.3 Å². The van der Waals surface area contributed by atoms with Gasteiger partial charge in [0.05, 0.1) is 23.4 Å². The van der Waals surface area contributed by atoms with Crippen molar-refractivity contribution in [2.24, 2.45) is 0 Å². The summed E-state index contributed by atoms with van der Waals surface area (Å²) in [5.41, 5.74) is 0.803. The number of hydrogen-bond acceptors (Lipinski definition) is 9. The lowest BCUT2D eigenvalue weighted by Gasteiger charge is -2.25. The largest absolute Gasteiger partial charge is 0.468 e. The number of ether oxygens (including phenoxy) is 1. The summed E-state index contributed by atoms with van der Waals surface area (Å²) in [6.45, 7) is 1.17. The number of nitrogens with zero attached hydrogens (tertiary/aromatic N) is 3. The Morgan fingerprint density at radius 3 is 2.58 bits per heavy atom. The van der Waals surface area contributed by atoms with E-state index in [-0.39, 0.29) is 21.5 Å². The number of amides is 1. The summed E-state index contributed by atoms with van der Waals surface area (Å²) in [6.07, 6.45) is 0. The van der Waals surface area contributed by atoms with Gasteiger partial charge in [0.1, 0.15) is 6.54 Å². The monoisotopic (exact) mass is 526 g/mol. The number of carbonyl (C=O) groups is 2. The van der Waals surface area contributed by atoms with E-state index in [0.29, 0.717) is 14.9 Å². The van der Waals surface area contributed by atoms with Crippen molar-refractivity contribution in [3.8, 4) is 0 Å². The number of hydrogen-bond donors (Lipinski definition) is 1. The van der Waals surface area contributed by atoms with Gasteiger partial charge in [0, 0.05) is 5.02 Å². The van der Waals surface area contributed by atoms with E-state index < -0.39 is 28.4 Å². The Balaban J connectivity index is 1.84. The molecule has 0 radical (unpaired) electrons. The van der Waals surface area contributed by atoms with Crippen molar-refractivity contribution >= 4 is 67.4 Å². The van der Waals surface area contributed by atoms with Crippen LogP contribution in [0.4, 0.5) is 10.8 Å². The van der Waals surface area contributed by atoms with E-state index in [9.17, 15) is 18.0 Å². The van der Waals surface area contributed by atoms with Gasteiger partial charge in [-0.3, -0.25) is 19.2 Å². The van der Waals surface area contributed by atoms with Gasteiger partial charge in [-0.15, -0.1) is 10.2 Å². The number of esters is 1. The first-order valence-corrected chi connectivity index (χ1v) is 13.0. The molecule has 3 rings (SSSR count). The number of nitrogens with one attached hydrogen (secondary N) is 1. The third kappa shape index (κ3) is 6.22. The van der Waals surface area contributed by atoms with Gasteiger partial charge in [0.15, 0.2) is 4.34 Å². The second kappa shape index (κ2) is 11.0.